The van der Waals surface area contributed by atoms with Crippen LogP contribution in [0.1, 0.15) is 39.2 Å². The summed E-state index contributed by atoms with van der Waals surface area (Å²) in [4.78, 5) is 19.3. The van der Waals surface area contributed by atoms with Gasteiger partial charge in [-0.05, 0) is 49.4 Å². The lowest BCUT2D eigenvalue weighted by Crippen LogP contribution is -2.14. The molecule has 32 heavy (non-hydrogen) atoms. The molecule has 4 aromatic rings. The van der Waals surface area contributed by atoms with Crippen LogP contribution < -0.4 is 5.32 Å². The molecule has 2 aromatic heterocycles. The molecule has 0 atom stereocenters. The number of hydrogen-bond donors (Lipinski definition) is 1. The number of thiophene rings is 1. The van der Waals surface area contributed by atoms with Crippen molar-refractivity contribution >= 4 is 45.0 Å². The number of aromatic nitrogens is 1. The summed E-state index contributed by atoms with van der Waals surface area (Å²) in [6.45, 7) is 0.284. The number of fused-ring (bicyclic) bond motifs is 2. The summed E-state index contributed by atoms with van der Waals surface area (Å²) >= 11 is 1.62. The van der Waals surface area contributed by atoms with Gasteiger partial charge < -0.3 is 9.88 Å². The Kier molecular flexibility index (Phi) is 5.57. The molecule has 0 saturated heterocycles. The number of benzene rings is 2. The highest BCUT2D eigenvalue weighted by molar-refractivity contribution is 7.16. The van der Waals surface area contributed by atoms with Gasteiger partial charge in [0.1, 0.15) is 11.5 Å². The first-order valence-corrected chi connectivity index (χ1v) is 11.6. The molecule has 6 heteroatoms. The van der Waals surface area contributed by atoms with Gasteiger partial charge in [0.2, 0.25) is 0 Å². The Hall–Kier alpha value is -3.69. The molecule has 2 heterocycles. The highest BCUT2D eigenvalue weighted by Gasteiger charge is 2.25. The molecule has 5 rings (SSSR count). The Labute approximate surface area is 190 Å². The maximum absolute atomic E-state index is 13.3. The molecule has 1 aliphatic rings. The lowest BCUT2D eigenvalue weighted by atomic mass is 9.95. The Morgan fingerprint density at radius 2 is 1.91 bits per heavy atom. The normalized spacial score (nSPS) is 13.2. The van der Waals surface area contributed by atoms with Gasteiger partial charge in [-0.2, -0.15) is 5.26 Å². The summed E-state index contributed by atoms with van der Waals surface area (Å²) in [6.07, 6.45) is 7.95. The summed E-state index contributed by atoms with van der Waals surface area (Å²) in [5.41, 5.74) is 4.57. The number of aryl methyl sites for hydroxylation is 1. The summed E-state index contributed by atoms with van der Waals surface area (Å²) in [5, 5.41) is 14.0. The zero-order valence-electron chi connectivity index (χ0n) is 17.5. The third-order valence-electron chi connectivity index (χ3n) is 5.79. The van der Waals surface area contributed by atoms with Gasteiger partial charge >= 0.3 is 0 Å². The van der Waals surface area contributed by atoms with Gasteiger partial charge in [-0.15, -0.1) is 11.3 Å². The van der Waals surface area contributed by atoms with Crippen LogP contribution in [0.5, 0.6) is 0 Å². The average molecular weight is 439 g/mol. The second-order valence-corrected chi connectivity index (χ2v) is 8.94. The highest BCUT2D eigenvalue weighted by atomic mass is 32.1. The molecular formula is C26H22N4OS. The molecule has 2 aromatic carbocycles. The maximum atomic E-state index is 13.3. The summed E-state index contributed by atoms with van der Waals surface area (Å²) in [5.74, 6) is -0.102. The van der Waals surface area contributed by atoms with Gasteiger partial charge in [-0.3, -0.25) is 4.79 Å². The second kappa shape index (κ2) is 8.81. The van der Waals surface area contributed by atoms with Crippen LogP contribution in [-0.4, -0.2) is 16.7 Å². The molecule has 0 bridgehead atoms. The number of amides is 1. The lowest BCUT2D eigenvalue weighted by Gasteiger charge is -2.12. The molecule has 0 aliphatic heterocycles. The van der Waals surface area contributed by atoms with Crippen molar-refractivity contribution in [2.24, 2.45) is 4.99 Å². The highest BCUT2D eigenvalue weighted by Crippen LogP contribution is 2.40. The number of para-hydroxylation sites is 2. The zero-order valence-corrected chi connectivity index (χ0v) is 18.4. The first kappa shape index (κ1) is 20.2. The molecule has 5 nitrogen and oxygen atoms in total. The fourth-order valence-corrected chi connectivity index (χ4v) is 5.54. The van der Waals surface area contributed by atoms with E-state index in [4.69, 9.17) is 10.3 Å². The number of rotatable bonds is 5. The molecule has 0 unspecified atom stereocenters. The lowest BCUT2D eigenvalue weighted by molar-refractivity contribution is 0.102. The maximum Gasteiger partial charge on any atom is 0.259 e. The summed E-state index contributed by atoms with van der Waals surface area (Å²) in [6, 6.07) is 19.7. The third kappa shape index (κ3) is 3.83. The van der Waals surface area contributed by atoms with E-state index in [-0.39, 0.29) is 12.5 Å². The van der Waals surface area contributed by atoms with Crippen molar-refractivity contribution in [3.8, 4) is 6.07 Å². The van der Waals surface area contributed by atoms with E-state index < -0.39 is 0 Å². The molecule has 0 radical (unpaired) electrons. The Morgan fingerprint density at radius 3 is 2.75 bits per heavy atom. The monoisotopic (exact) mass is 438 g/mol. The molecular weight excluding hydrogens is 416 g/mol. The van der Waals surface area contributed by atoms with Gasteiger partial charge in [0.15, 0.2) is 0 Å². The minimum absolute atomic E-state index is 0.102. The van der Waals surface area contributed by atoms with Crippen molar-refractivity contribution in [2.75, 3.05) is 5.32 Å². The van der Waals surface area contributed by atoms with Gasteiger partial charge in [-0.1, -0.05) is 36.4 Å². The number of nitrogens with one attached hydrogen (secondary N) is 1. The molecule has 1 amide bonds. The van der Waals surface area contributed by atoms with E-state index in [0.717, 1.165) is 58.4 Å². The Bertz CT molecular complexity index is 1360. The topological polar surface area (TPSA) is 70.2 Å². The van der Waals surface area contributed by atoms with Gasteiger partial charge in [-0.25, -0.2) is 4.99 Å². The van der Waals surface area contributed by atoms with E-state index in [9.17, 15) is 4.79 Å². The van der Waals surface area contributed by atoms with E-state index in [0.29, 0.717) is 5.56 Å². The first-order valence-electron chi connectivity index (χ1n) is 10.7. The Balaban J connectivity index is 1.54. The third-order valence-corrected chi connectivity index (χ3v) is 6.99. The smallest absolute Gasteiger partial charge is 0.259 e. The van der Waals surface area contributed by atoms with Crippen LogP contribution in [0, 0.1) is 11.3 Å². The van der Waals surface area contributed by atoms with E-state index in [1.54, 1.807) is 11.3 Å². The number of carbonyl (C=O) groups is 1. The van der Waals surface area contributed by atoms with Crippen LogP contribution in [0.25, 0.3) is 10.9 Å². The fourth-order valence-electron chi connectivity index (χ4n) is 4.30. The Morgan fingerprint density at radius 1 is 1.12 bits per heavy atom. The summed E-state index contributed by atoms with van der Waals surface area (Å²) < 4.78 is 1.93. The largest absolute Gasteiger partial charge is 0.333 e. The molecule has 0 spiro atoms. The van der Waals surface area contributed by atoms with Crippen LogP contribution >= 0.6 is 11.3 Å². The number of aliphatic imine (C=N–C) groups is 1. The van der Waals surface area contributed by atoms with E-state index >= 15 is 0 Å². The van der Waals surface area contributed by atoms with Crippen LogP contribution in [0.4, 0.5) is 10.7 Å². The van der Waals surface area contributed by atoms with E-state index in [1.807, 2.05) is 71.6 Å². The van der Waals surface area contributed by atoms with Crippen molar-refractivity contribution in [1.29, 1.82) is 5.26 Å². The molecule has 158 valence electrons. The van der Waals surface area contributed by atoms with Crippen LogP contribution in [0.2, 0.25) is 0 Å². The minimum atomic E-state index is -0.102. The number of anilines is 1. The molecule has 0 fully saturated rings. The minimum Gasteiger partial charge on any atom is -0.333 e. The number of carbonyl (C=O) groups excluding carboxylic acids is 1. The van der Waals surface area contributed by atoms with Crippen molar-refractivity contribution in [2.45, 2.75) is 32.2 Å². The van der Waals surface area contributed by atoms with Crippen LogP contribution in [0.3, 0.4) is 0 Å². The van der Waals surface area contributed by atoms with Crippen molar-refractivity contribution < 1.29 is 4.79 Å². The number of nitrogens with zero attached hydrogens (tertiary/aromatic N) is 3. The van der Waals surface area contributed by atoms with Gasteiger partial charge in [0, 0.05) is 39.4 Å². The molecule has 0 saturated carbocycles. The van der Waals surface area contributed by atoms with Crippen molar-refractivity contribution in [3.63, 3.8) is 0 Å². The van der Waals surface area contributed by atoms with E-state index in [2.05, 4.69) is 11.4 Å². The van der Waals surface area contributed by atoms with Crippen molar-refractivity contribution in [1.82, 2.24) is 4.57 Å². The molecule has 1 N–H and O–H groups in total. The van der Waals surface area contributed by atoms with Crippen LogP contribution in [0.15, 0.2) is 65.8 Å². The number of hydrogen-bond acceptors (Lipinski definition) is 4. The zero-order chi connectivity index (χ0) is 21.9. The second-order valence-electron chi connectivity index (χ2n) is 7.86. The SMILES string of the molecule is N#CCn1cc(C=Nc2sc3c(c2C(=O)Nc2ccccc2)CCCC3)c2ccccc21. The summed E-state index contributed by atoms with van der Waals surface area (Å²) in [7, 11) is 0. The van der Waals surface area contributed by atoms with Gasteiger partial charge in [0.25, 0.3) is 5.91 Å². The standard InChI is InChI=1S/C26H22N4OS/c27-14-15-30-17-18(20-10-4-6-12-22(20)30)16-28-26-24(21-11-5-7-13-23(21)32-26)25(31)29-19-8-2-1-3-9-19/h1-4,6,8-10,12,16-17H,5,7,11,13,15H2,(H,29,31). The molecule has 1 aliphatic carbocycles. The quantitative estimate of drug-likeness (QED) is 0.382. The van der Waals surface area contributed by atoms with Gasteiger partial charge in [0.05, 0.1) is 11.6 Å². The average Bonchev–Trinajstić information content (AvgIpc) is 3.37. The van der Waals surface area contributed by atoms with Crippen LogP contribution in [-0.2, 0) is 19.4 Å². The van der Waals surface area contributed by atoms with E-state index in [1.165, 1.54) is 4.88 Å². The first-order chi connectivity index (χ1) is 15.7. The van der Waals surface area contributed by atoms with Crippen molar-refractivity contribution in [3.05, 3.63) is 82.4 Å². The predicted molar refractivity (Wildman–Crippen MR) is 130 cm³/mol. The fraction of sp³-hybridized carbons (Fsp3) is 0.192. The number of nitriles is 1. The predicted octanol–water partition coefficient (Wildman–Crippen LogP) is 6.11.